The fraction of sp³-hybridized carbons (Fsp3) is 0.385. The number of carbonyl (C=O) groups is 2. The van der Waals surface area contributed by atoms with Gasteiger partial charge in [0.1, 0.15) is 11.8 Å². The van der Waals surface area contributed by atoms with Crippen molar-refractivity contribution in [2.45, 2.75) is 12.5 Å². The van der Waals surface area contributed by atoms with Gasteiger partial charge in [-0.1, -0.05) is 0 Å². The van der Waals surface area contributed by atoms with Gasteiger partial charge in [0, 0.05) is 19.8 Å². The summed E-state index contributed by atoms with van der Waals surface area (Å²) in [5.41, 5.74) is 6.00. The number of nitrogens with zero attached hydrogens (tertiary/aromatic N) is 1. The van der Waals surface area contributed by atoms with Gasteiger partial charge in [-0.15, -0.1) is 0 Å². The molecule has 2 amide bonds. The molecule has 0 aromatic heterocycles. The van der Waals surface area contributed by atoms with Gasteiger partial charge < -0.3 is 20.7 Å². The van der Waals surface area contributed by atoms with Gasteiger partial charge in [0.15, 0.2) is 0 Å². The van der Waals surface area contributed by atoms with Crippen LogP contribution in [0.1, 0.15) is 6.42 Å². The van der Waals surface area contributed by atoms with Crippen LogP contribution in [0.25, 0.3) is 0 Å². The number of benzene rings is 1. The van der Waals surface area contributed by atoms with Crippen molar-refractivity contribution in [3.05, 3.63) is 24.3 Å². The van der Waals surface area contributed by atoms with Crippen molar-refractivity contribution >= 4 is 17.5 Å². The van der Waals surface area contributed by atoms with Gasteiger partial charge in [-0.05, 0) is 24.3 Å². The van der Waals surface area contributed by atoms with Crippen LogP contribution in [0.5, 0.6) is 5.75 Å². The van der Waals surface area contributed by atoms with Crippen LogP contribution in [0, 0.1) is 0 Å². The van der Waals surface area contributed by atoms with E-state index in [4.69, 9.17) is 10.5 Å². The van der Waals surface area contributed by atoms with Crippen molar-refractivity contribution in [2.24, 2.45) is 5.73 Å². The molecular weight excluding hydrogens is 246 g/mol. The SMILES string of the molecule is COc1ccc(NC(CC(=O)N(C)C)C(N)=O)cc1. The zero-order chi connectivity index (χ0) is 14.4. The first-order valence-corrected chi connectivity index (χ1v) is 5.84. The zero-order valence-corrected chi connectivity index (χ0v) is 11.3. The highest BCUT2D eigenvalue weighted by molar-refractivity contribution is 5.89. The van der Waals surface area contributed by atoms with Gasteiger partial charge in [0.25, 0.3) is 0 Å². The third-order valence-electron chi connectivity index (χ3n) is 2.65. The molecule has 0 aliphatic heterocycles. The maximum atomic E-state index is 11.6. The zero-order valence-electron chi connectivity index (χ0n) is 11.3. The molecule has 1 unspecified atom stereocenters. The molecule has 6 nitrogen and oxygen atoms in total. The standard InChI is InChI=1S/C13H19N3O3/c1-16(2)12(17)8-11(13(14)18)15-9-4-6-10(19-3)7-5-9/h4-7,11,15H,8H2,1-3H3,(H2,14,18). The highest BCUT2D eigenvalue weighted by atomic mass is 16.5. The van der Waals surface area contributed by atoms with E-state index in [1.807, 2.05) is 0 Å². The van der Waals surface area contributed by atoms with E-state index in [1.165, 1.54) is 4.90 Å². The van der Waals surface area contributed by atoms with Crippen LogP contribution in [-0.4, -0.2) is 44.0 Å². The van der Waals surface area contributed by atoms with Crippen LogP contribution in [0.2, 0.25) is 0 Å². The first kappa shape index (κ1) is 14.8. The van der Waals surface area contributed by atoms with E-state index in [9.17, 15) is 9.59 Å². The average Bonchev–Trinajstić information content (AvgIpc) is 2.38. The average molecular weight is 265 g/mol. The molecule has 0 saturated carbocycles. The normalized spacial score (nSPS) is 11.5. The highest BCUT2D eigenvalue weighted by Gasteiger charge is 2.20. The maximum absolute atomic E-state index is 11.6. The molecule has 19 heavy (non-hydrogen) atoms. The van der Waals surface area contributed by atoms with E-state index in [0.29, 0.717) is 11.4 Å². The first-order chi connectivity index (χ1) is 8.93. The number of nitrogens with one attached hydrogen (secondary N) is 1. The van der Waals surface area contributed by atoms with E-state index in [1.54, 1.807) is 45.5 Å². The molecule has 3 N–H and O–H groups in total. The lowest BCUT2D eigenvalue weighted by Gasteiger charge is -2.18. The second-order valence-electron chi connectivity index (χ2n) is 4.32. The Kier molecular flexibility index (Phi) is 5.17. The molecule has 0 aliphatic carbocycles. The van der Waals surface area contributed by atoms with Crippen molar-refractivity contribution < 1.29 is 14.3 Å². The molecule has 0 radical (unpaired) electrons. The van der Waals surface area contributed by atoms with Crippen LogP contribution >= 0.6 is 0 Å². The number of carbonyl (C=O) groups excluding carboxylic acids is 2. The maximum Gasteiger partial charge on any atom is 0.240 e. The summed E-state index contributed by atoms with van der Waals surface area (Å²) < 4.78 is 5.04. The number of ether oxygens (including phenoxy) is 1. The van der Waals surface area contributed by atoms with Crippen molar-refractivity contribution in [1.29, 1.82) is 0 Å². The minimum Gasteiger partial charge on any atom is -0.497 e. The Bertz CT molecular complexity index is 443. The summed E-state index contributed by atoms with van der Waals surface area (Å²) >= 11 is 0. The topological polar surface area (TPSA) is 84.7 Å². The van der Waals surface area contributed by atoms with Gasteiger partial charge in [-0.3, -0.25) is 9.59 Å². The molecule has 0 fully saturated rings. The van der Waals surface area contributed by atoms with E-state index < -0.39 is 11.9 Å². The summed E-state index contributed by atoms with van der Waals surface area (Å²) in [5, 5.41) is 2.94. The molecule has 0 spiro atoms. The molecule has 0 bridgehead atoms. The smallest absolute Gasteiger partial charge is 0.240 e. The fourth-order valence-electron chi connectivity index (χ4n) is 1.47. The lowest BCUT2D eigenvalue weighted by molar-refractivity contribution is -0.131. The molecule has 1 atom stereocenters. The van der Waals surface area contributed by atoms with Crippen molar-refractivity contribution in [3.8, 4) is 5.75 Å². The summed E-state index contributed by atoms with van der Waals surface area (Å²) in [5.74, 6) is -0.0126. The van der Waals surface area contributed by atoms with Gasteiger partial charge >= 0.3 is 0 Å². The van der Waals surface area contributed by atoms with Gasteiger partial charge in [0.05, 0.1) is 13.5 Å². The van der Waals surface area contributed by atoms with Crippen LogP contribution in [0.3, 0.4) is 0 Å². The predicted octanol–water partition coefficient (Wildman–Crippen LogP) is 0.439. The Balaban J connectivity index is 2.72. The van der Waals surface area contributed by atoms with Crippen LogP contribution < -0.4 is 15.8 Å². The van der Waals surface area contributed by atoms with Crippen molar-refractivity contribution in [2.75, 3.05) is 26.5 Å². The number of hydrogen-bond donors (Lipinski definition) is 2. The Labute approximate surface area is 112 Å². The number of anilines is 1. The molecule has 0 saturated heterocycles. The third-order valence-corrected chi connectivity index (χ3v) is 2.65. The molecule has 1 aromatic rings. The minimum absolute atomic E-state index is 0.0222. The van der Waals surface area contributed by atoms with E-state index in [-0.39, 0.29) is 12.3 Å². The summed E-state index contributed by atoms with van der Waals surface area (Å²) in [6.07, 6.45) is 0.0222. The number of methoxy groups -OCH3 is 1. The van der Waals surface area contributed by atoms with Crippen molar-refractivity contribution in [1.82, 2.24) is 4.90 Å². The Morgan fingerprint density at radius 1 is 1.32 bits per heavy atom. The minimum atomic E-state index is -0.733. The van der Waals surface area contributed by atoms with Gasteiger partial charge in [-0.2, -0.15) is 0 Å². The number of nitrogens with two attached hydrogens (primary N) is 1. The number of primary amides is 1. The Morgan fingerprint density at radius 2 is 1.89 bits per heavy atom. The first-order valence-electron chi connectivity index (χ1n) is 5.84. The molecule has 104 valence electrons. The van der Waals surface area contributed by atoms with E-state index in [0.717, 1.165) is 0 Å². The van der Waals surface area contributed by atoms with Gasteiger partial charge in [0.2, 0.25) is 11.8 Å². The summed E-state index contributed by atoms with van der Waals surface area (Å²) in [4.78, 5) is 24.4. The number of hydrogen-bond acceptors (Lipinski definition) is 4. The second-order valence-corrected chi connectivity index (χ2v) is 4.32. The monoisotopic (exact) mass is 265 g/mol. The van der Waals surface area contributed by atoms with Crippen LogP contribution in [0.15, 0.2) is 24.3 Å². The molecule has 1 rings (SSSR count). The second kappa shape index (κ2) is 6.63. The summed E-state index contributed by atoms with van der Waals surface area (Å²) in [6, 6.07) is 6.30. The summed E-state index contributed by atoms with van der Waals surface area (Å²) in [6.45, 7) is 0. The Morgan fingerprint density at radius 3 is 2.32 bits per heavy atom. The van der Waals surface area contributed by atoms with Crippen LogP contribution in [0.4, 0.5) is 5.69 Å². The summed E-state index contributed by atoms with van der Waals surface area (Å²) in [7, 11) is 4.84. The lowest BCUT2D eigenvalue weighted by atomic mass is 10.1. The largest absolute Gasteiger partial charge is 0.497 e. The molecule has 1 aromatic carbocycles. The lowest BCUT2D eigenvalue weighted by Crippen LogP contribution is -2.39. The Hall–Kier alpha value is -2.24. The molecule has 0 aliphatic rings. The quantitative estimate of drug-likeness (QED) is 0.781. The van der Waals surface area contributed by atoms with Crippen LogP contribution in [-0.2, 0) is 9.59 Å². The van der Waals surface area contributed by atoms with Gasteiger partial charge in [-0.25, -0.2) is 0 Å². The molecule has 6 heteroatoms. The van der Waals surface area contributed by atoms with Crippen molar-refractivity contribution in [3.63, 3.8) is 0 Å². The molecular formula is C13H19N3O3. The third kappa shape index (κ3) is 4.50. The number of amides is 2. The predicted molar refractivity (Wildman–Crippen MR) is 72.9 cm³/mol. The number of rotatable bonds is 6. The van der Waals surface area contributed by atoms with E-state index in [2.05, 4.69) is 5.32 Å². The molecule has 0 heterocycles. The fourth-order valence-corrected chi connectivity index (χ4v) is 1.47. The van der Waals surface area contributed by atoms with E-state index >= 15 is 0 Å². The highest BCUT2D eigenvalue weighted by Crippen LogP contribution is 2.16.